The van der Waals surface area contributed by atoms with Crippen molar-refractivity contribution in [3.63, 3.8) is 0 Å². The third-order valence-electron chi connectivity index (χ3n) is 2.01. The molecule has 17 heavy (non-hydrogen) atoms. The summed E-state index contributed by atoms with van der Waals surface area (Å²) in [6, 6.07) is 1.23. The Morgan fingerprint density at radius 2 is 2.12 bits per heavy atom. The van der Waals surface area contributed by atoms with Gasteiger partial charge in [-0.3, -0.25) is 4.98 Å². The van der Waals surface area contributed by atoms with E-state index < -0.39 is 19.0 Å². The van der Waals surface area contributed by atoms with Gasteiger partial charge in [-0.25, -0.2) is 8.78 Å². The van der Waals surface area contributed by atoms with Crippen molar-refractivity contribution in [3.05, 3.63) is 23.5 Å². The second kappa shape index (κ2) is 5.31. The van der Waals surface area contributed by atoms with Crippen LogP contribution in [0, 0.1) is 6.92 Å². The first kappa shape index (κ1) is 13.7. The number of aromatic nitrogens is 1. The van der Waals surface area contributed by atoms with E-state index >= 15 is 0 Å². The van der Waals surface area contributed by atoms with Crippen LogP contribution in [0.4, 0.5) is 17.6 Å². The highest BCUT2D eigenvalue weighted by Gasteiger charge is 2.41. The Balaban J connectivity index is 2.75. The van der Waals surface area contributed by atoms with Gasteiger partial charge in [0.2, 0.25) is 0 Å². The number of alkyl halides is 4. The molecule has 0 atom stereocenters. The zero-order valence-electron chi connectivity index (χ0n) is 8.96. The topological polar surface area (TPSA) is 42.4 Å². The fourth-order valence-corrected chi connectivity index (χ4v) is 1.02. The second-order valence-electron chi connectivity index (χ2n) is 3.45. The molecule has 0 saturated carbocycles. The maximum atomic E-state index is 12.6. The molecule has 1 heterocycles. The van der Waals surface area contributed by atoms with E-state index in [1.165, 1.54) is 19.2 Å². The van der Waals surface area contributed by atoms with Gasteiger partial charge in [0.05, 0.1) is 12.3 Å². The minimum absolute atomic E-state index is 0.00405. The molecule has 0 aromatic carbocycles. The molecule has 1 N–H and O–H groups in total. The molecule has 0 fully saturated rings. The van der Waals surface area contributed by atoms with Crippen LogP contribution in [0.15, 0.2) is 12.3 Å². The van der Waals surface area contributed by atoms with Gasteiger partial charge >= 0.3 is 12.3 Å². The van der Waals surface area contributed by atoms with Crippen molar-refractivity contribution in [2.75, 3.05) is 6.61 Å². The molecule has 1 rings (SSSR count). The number of aliphatic hydroxyl groups excluding tert-OH is 1. The minimum Gasteiger partial charge on any atom is -0.487 e. The molecule has 3 nitrogen and oxygen atoms in total. The van der Waals surface area contributed by atoms with Crippen molar-refractivity contribution in [1.82, 2.24) is 4.98 Å². The SMILES string of the molecule is Cc1cnc(CO)cc1OCC(F)(F)C(F)F. The fourth-order valence-electron chi connectivity index (χ4n) is 1.02. The van der Waals surface area contributed by atoms with Crippen LogP contribution in [0.3, 0.4) is 0 Å². The maximum absolute atomic E-state index is 12.6. The highest BCUT2D eigenvalue weighted by Crippen LogP contribution is 2.25. The van der Waals surface area contributed by atoms with Crippen LogP contribution in [-0.4, -0.2) is 29.0 Å². The highest BCUT2D eigenvalue weighted by atomic mass is 19.3. The first-order valence-corrected chi connectivity index (χ1v) is 4.72. The Hall–Kier alpha value is -1.37. The summed E-state index contributed by atoms with van der Waals surface area (Å²) >= 11 is 0. The van der Waals surface area contributed by atoms with Gasteiger partial charge in [0, 0.05) is 17.8 Å². The van der Waals surface area contributed by atoms with E-state index in [-0.39, 0.29) is 18.1 Å². The van der Waals surface area contributed by atoms with Crippen LogP contribution in [0.1, 0.15) is 11.3 Å². The molecule has 0 amide bonds. The lowest BCUT2D eigenvalue weighted by Crippen LogP contribution is -2.33. The number of ether oxygens (including phenoxy) is 1. The molecule has 0 bridgehead atoms. The largest absolute Gasteiger partial charge is 0.487 e. The van der Waals surface area contributed by atoms with E-state index in [9.17, 15) is 17.6 Å². The molecule has 1 aromatic rings. The van der Waals surface area contributed by atoms with E-state index in [4.69, 9.17) is 5.11 Å². The van der Waals surface area contributed by atoms with Crippen molar-refractivity contribution < 1.29 is 27.4 Å². The van der Waals surface area contributed by atoms with Gasteiger partial charge in [0.1, 0.15) is 5.75 Å². The van der Waals surface area contributed by atoms with Crippen LogP contribution in [-0.2, 0) is 6.61 Å². The molecule has 0 saturated heterocycles. The zero-order valence-corrected chi connectivity index (χ0v) is 8.96. The average molecular weight is 253 g/mol. The summed E-state index contributed by atoms with van der Waals surface area (Å²) in [5, 5.41) is 8.78. The van der Waals surface area contributed by atoms with E-state index in [0.717, 1.165) is 0 Å². The lowest BCUT2D eigenvalue weighted by Gasteiger charge is -2.17. The van der Waals surface area contributed by atoms with Crippen LogP contribution < -0.4 is 4.74 Å². The average Bonchev–Trinajstić information content (AvgIpc) is 2.28. The van der Waals surface area contributed by atoms with Gasteiger partial charge in [-0.2, -0.15) is 8.78 Å². The van der Waals surface area contributed by atoms with Crippen LogP contribution in [0.5, 0.6) is 5.75 Å². The number of aliphatic hydroxyl groups is 1. The summed E-state index contributed by atoms with van der Waals surface area (Å²) in [7, 11) is 0. The quantitative estimate of drug-likeness (QED) is 0.818. The zero-order chi connectivity index (χ0) is 13.1. The van der Waals surface area contributed by atoms with Crippen LogP contribution in [0.25, 0.3) is 0 Å². The van der Waals surface area contributed by atoms with Crippen molar-refractivity contribution >= 4 is 0 Å². The molecule has 0 radical (unpaired) electrons. The number of rotatable bonds is 5. The van der Waals surface area contributed by atoms with Crippen molar-refractivity contribution in [2.24, 2.45) is 0 Å². The maximum Gasteiger partial charge on any atom is 0.340 e. The molecular weight excluding hydrogens is 242 g/mol. The Morgan fingerprint density at radius 3 is 2.65 bits per heavy atom. The Labute approximate surface area is 95.0 Å². The first-order valence-electron chi connectivity index (χ1n) is 4.72. The van der Waals surface area contributed by atoms with E-state index in [1.807, 2.05) is 0 Å². The van der Waals surface area contributed by atoms with Gasteiger partial charge in [0.25, 0.3) is 0 Å². The summed E-state index contributed by atoms with van der Waals surface area (Å²) < 4.78 is 53.6. The normalized spacial score (nSPS) is 11.9. The molecule has 0 aliphatic rings. The van der Waals surface area contributed by atoms with Crippen LogP contribution in [0.2, 0.25) is 0 Å². The summed E-state index contributed by atoms with van der Waals surface area (Å²) in [5.74, 6) is -4.20. The lowest BCUT2D eigenvalue weighted by molar-refractivity contribution is -0.148. The number of nitrogens with zero attached hydrogens (tertiary/aromatic N) is 1. The molecule has 0 aliphatic heterocycles. The van der Waals surface area contributed by atoms with E-state index in [2.05, 4.69) is 9.72 Å². The molecule has 0 spiro atoms. The van der Waals surface area contributed by atoms with Gasteiger partial charge < -0.3 is 9.84 Å². The predicted octanol–water partition coefficient (Wildman–Crippen LogP) is 2.16. The van der Waals surface area contributed by atoms with E-state index in [1.54, 1.807) is 0 Å². The predicted molar refractivity (Wildman–Crippen MR) is 51.3 cm³/mol. The van der Waals surface area contributed by atoms with Gasteiger partial charge in [0.15, 0.2) is 6.61 Å². The van der Waals surface area contributed by atoms with Gasteiger partial charge in [-0.1, -0.05) is 0 Å². The summed E-state index contributed by atoms with van der Waals surface area (Å²) in [6.45, 7) is -0.272. The number of halogens is 4. The molecular formula is C10H11F4NO2. The van der Waals surface area contributed by atoms with Crippen molar-refractivity contribution in [2.45, 2.75) is 25.9 Å². The standard InChI is InChI=1S/C10H11F4NO2/c1-6-3-15-7(4-16)2-8(6)17-5-10(13,14)9(11)12/h2-3,9,16H,4-5H2,1H3. The summed E-state index contributed by atoms with van der Waals surface area (Å²) in [5.41, 5.74) is 0.637. The number of hydrogen-bond acceptors (Lipinski definition) is 3. The molecule has 0 aliphatic carbocycles. The minimum atomic E-state index is -4.20. The number of aryl methyl sites for hydroxylation is 1. The third-order valence-corrected chi connectivity index (χ3v) is 2.01. The fraction of sp³-hybridized carbons (Fsp3) is 0.500. The Morgan fingerprint density at radius 1 is 1.47 bits per heavy atom. The number of pyridine rings is 1. The highest BCUT2D eigenvalue weighted by molar-refractivity contribution is 5.31. The summed E-state index contributed by atoms with van der Waals surface area (Å²) in [4.78, 5) is 3.77. The summed E-state index contributed by atoms with van der Waals surface area (Å²) in [6.07, 6.45) is -2.47. The van der Waals surface area contributed by atoms with Crippen molar-refractivity contribution in [1.29, 1.82) is 0 Å². The Bertz CT molecular complexity index is 385. The number of hydrogen-bond donors (Lipinski definition) is 1. The van der Waals surface area contributed by atoms with Gasteiger partial charge in [-0.05, 0) is 6.92 Å². The van der Waals surface area contributed by atoms with Gasteiger partial charge in [-0.15, -0.1) is 0 Å². The monoisotopic (exact) mass is 253 g/mol. The molecule has 7 heteroatoms. The second-order valence-corrected chi connectivity index (χ2v) is 3.45. The van der Waals surface area contributed by atoms with Crippen molar-refractivity contribution in [3.8, 4) is 5.75 Å². The molecule has 0 unspecified atom stereocenters. The third kappa shape index (κ3) is 3.55. The molecule has 1 aromatic heterocycles. The first-order chi connectivity index (χ1) is 7.86. The smallest absolute Gasteiger partial charge is 0.340 e. The molecule has 96 valence electrons. The van der Waals surface area contributed by atoms with E-state index in [0.29, 0.717) is 5.56 Å². The Kier molecular flexibility index (Phi) is 4.28. The van der Waals surface area contributed by atoms with Crippen LogP contribution >= 0.6 is 0 Å². The lowest BCUT2D eigenvalue weighted by atomic mass is 10.2.